The molecular weight excluding hydrogens is 316 g/mol. The number of hydrogen-bond acceptors (Lipinski definition) is 3. The predicted molar refractivity (Wildman–Crippen MR) is 99.2 cm³/mol. The van der Waals surface area contributed by atoms with Crippen molar-refractivity contribution in [3.05, 3.63) is 57.5 Å². The maximum atomic E-state index is 12.7. The van der Waals surface area contributed by atoms with Crippen LogP contribution in [0.3, 0.4) is 0 Å². The maximum absolute atomic E-state index is 12.7. The molecule has 1 unspecified atom stereocenters. The predicted octanol–water partition coefficient (Wildman–Crippen LogP) is 3.34. The Kier molecular flexibility index (Phi) is 4.44. The van der Waals surface area contributed by atoms with E-state index in [-0.39, 0.29) is 11.5 Å². The zero-order chi connectivity index (χ0) is 18.1. The highest BCUT2D eigenvalue weighted by molar-refractivity contribution is 6.11. The molecule has 0 spiro atoms. The number of H-pyrrole nitrogens is 1. The Morgan fingerprint density at radius 3 is 2.64 bits per heavy atom. The van der Waals surface area contributed by atoms with Crippen LogP contribution in [0.15, 0.2) is 35.1 Å². The number of rotatable bonds is 4. The van der Waals surface area contributed by atoms with Crippen molar-refractivity contribution in [1.29, 1.82) is 0 Å². The quantitative estimate of drug-likeness (QED) is 0.766. The molecule has 6 heteroatoms. The Bertz CT molecular complexity index is 983. The van der Waals surface area contributed by atoms with Gasteiger partial charge >= 0.3 is 0 Å². The molecule has 0 bridgehead atoms. The molecule has 0 aliphatic rings. The van der Waals surface area contributed by atoms with E-state index in [0.29, 0.717) is 33.9 Å². The summed E-state index contributed by atoms with van der Waals surface area (Å²) in [6.45, 7) is 6.12. The van der Waals surface area contributed by atoms with Crippen molar-refractivity contribution in [3.8, 4) is 0 Å². The number of hydrogen-bond donors (Lipinski definition) is 2. The Morgan fingerprint density at radius 2 is 2.00 bits per heavy atom. The third-order valence-electron chi connectivity index (χ3n) is 4.54. The second kappa shape index (κ2) is 6.55. The molecule has 25 heavy (non-hydrogen) atoms. The summed E-state index contributed by atoms with van der Waals surface area (Å²) in [5.74, 6) is 0.165. The van der Waals surface area contributed by atoms with E-state index in [1.54, 1.807) is 20.0 Å². The van der Waals surface area contributed by atoms with Crippen molar-refractivity contribution in [2.75, 3.05) is 5.32 Å². The summed E-state index contributed by atoms with van der Waals surface area (Å²) in [5, 5.41) is 5.82. The van der Waals surface area contributed by atoms with E-state index in [9.17, 15) is 9.59 Å². The Hall–Kier alpha value is -2.89. The first-order chi connectivity index (χ1) is 11.9. The number of aromatic amines is 1. The lowest BCUT2D eigenvalue weighted by Gasteiger charge is -2.11. The standard InChI is InChI=1S/C19H22N4O2/c1-5-11(2)13-6-8-14(9-7-13)21-18(24)15-10-12(3)20-17-16(15)19(25)22-23(17)4/h6-11H,5H2,1-4H3,(H,21,24)(H,22,25). The number of nitrogens with zero attached hydrogens (tertiary/aromatic N) is 2. The van der Waals surface area contributed by atoms with E-state index >= 15 is 0 Å². The van der Waals surface area contributed by atoms with E-state index < -0.39 is 0 Å². The van der Waals surface area contributed by atoms with E-state index in [0.717, 1.165) is 6.42 Å². The highest BCUT2D eigenvalue weighted by atomic mass is 16.2. The topological polar surface area (TPSA) is 79.8 Å². The van der Waals surface area contributed by atoms with Gasteiger partial charge in [-0.25, -0.2) is 4.98 Å². The SMILES string of the molecule is CCC(C)c1ccc(NC(=O)c2cc(C)nc3c2c(=O)[nH]n3C)cc1. The van der Waals surface area contributed by atoms with Crippen molar-refractivity contribution >= 4 is 22.6 Å². The molecule has 3 aromatic rings. The number of fused-ring (bicyclic) bond motifs is 1. The van der Waals surface area contributed by atoms with Crippen molar-refractivity contribution in [2.45, 2.75) is 33.1 Å². The summed E-state index contributed by atoms with van der Waals surface area (Å²) in [6, 6.07) is 9.46. The largest absolute Gasteiger partial charge is 0.322 e. The van der Waals surface area contributed by atoms with E-state index in [1.165, 1.54) is 10.2 Å². The second-order valence-corrected chi connectivity index (χ2v) is 6.40. The summed E-state index contributed by atoms with van der Waals surface area (Å²) in [6.07, 6.45) is 1.07. The number of anilines is 1. The molecular formula is C19H22N4O2. The number of nitrogens with one attached hydrogen (secondary N) is 2. The smallest absolute Gasteiger partial charge is 0.274 e. The van der Waals surface area contributed by atoms with Crippen LogP contribution < -0.4 is 10.9 Å². The fourth-order valence-corrected chi connectivity index (χ4v) is 2.89. The van der Waals surface area contributed by atoms with Gasteiger partial charge in [0.1, 0.15) is 0 Å². The Balaban J connectivity index is 1.94. The highest BCUT2D eigenvalue weighted by Gasteiger charge is 2.18. The van der Waals surface area contributed by atoms with Crippen LogP contribution >= 0.6 is 0 Å². The molecule has 0 saturated heterocycles. The number of aryl methyl sites for hydroxylation is 2. The molecule has 2 aromatic heterocycles. The third kappa shape index (κ3) is 3.20. The number of carbonyl (C=O) groups is 1. The lowest BCUT2D eigenvalue weighted by atomic mass is 9.98. The summed E-state index contributed by atoms with van der Waals surface area (Å²) >= 11 is 0. The monoisotopic (exact) mass is 338 g/mol. The van der Waals surface area contributed by atoms with Gasteiger partial charge in [-0.3, -0.25) is 19.4 Å². The lowest BCUT2D eigenvalue weighted by molar-refractivity contribution is 0.102. The molecule has 0 aliphatic heterocycles. The van der Waals surface area contributed by atoms with Crippen LogP contribution in [0.1, 0.15) is 47.8 Å². The van der Waals surface area contributed by atoms with Crippen LogP contribution in [-0.4, -0.2) is 20.7 Å². The molecule has 3 rings (SSSR count). The van der Waals surface area contributed by atoms with Crippen molar-refractivity contribution < 1.29 is 4.79 Å². The molecule has 130 valence electrons. The van der Waals surface area contributed by atoms with E-state index in [1.807, 2.05) is 24.3 Å². The first-order valence-electron chi connectivity index (χ1n) is 8.38. The van der Waals surface area contributed by atoms with Gasteiger partial charge in [0.15, 0.2) is 5.65 Å². The highest BCUT2D eigenvalue weighted by Crippen LogP contribution is 2.21. The average molecular weight is 338 g/mol. The first-order valence-corrected chi connectivity index (χ1v) is 8.38. The van der Waals surface area contributed by atoms with Crippen molar-refractivity contribution in [1.82, 2.24) is 14.8 Å². The second-order valence-electron chi connectivity index (χ2n) is 6.40. The van der Waals surface area contributed by atoms with Gasteiger partial charge in [-0.1, -0.05) is 26.0 Å². The van der Waals surface area contributed by atoms with Gasteiger partial charge in [-0.15, -0.1) is 0 Å². The minimum absolute atomic E-state index is 0.307. The van der Waals surface area contributed by atoms with E-state index in [4.69, 9.17) is 0 Å². The molecule has 2 heterocycles. The third-order valence-corrected chi connectivity index (χ3v) is 4.54. The maximum Gasteiger partial charge on any atom is 0.274 e. The fraction of sp³-hybridized carbons (Fsp3) is 0.316. The zero-order valence-corrected chi connectivity index (χ0v) is 14.9. The van der Waals surface area contributed by atoms with Crippen LogP contribution in [0.4, 0.5) is 5.69 Å². The molecule has 0 fully saturated rings. The van der Waals surface area contributed by atoms with Gasteiger partial charge in [0.05, 0.1) is 10.9 Å². The minimum Gasteiger partial charge on any atom is -0.322 e. The van der Waals surface area contributed by atoms with Gasteiger partial charge < -0.3 is 5.32 Å². The lowest BCUT2D eigenvalue weighted by Crippen LogP contribution is -2.15. The molecule has 0 radical (unpaired) electrons. The molecule has 1 aromatic carbocycles. The fourth-order valence-electron chi connectivity index (χ4n) is 2.89. The summed E-state index contributed by atoms with van der Waals surface area (Å²) in [4.78, 5) is 29.2. The number of carbonyl (C=O) groups excluding carboxylic acids is 1. The van der Waals surface area contributed by atoms with Crippen molar-refractivity contribution in [2.24, 2.45) is 7.05 Å². The van der Waals surface area contributed by atoms with Crippen molar-refractivity contribution in [3.63, 3.8) is 0 Å². The number of aromatic nitrogens is 3. The van der Waals surface area contributed by atoms with Gasteiger partial charge in [0.25, 0.3) is 11.5 Å². The summed E-state index contributed by atoms with van der Waals surface area (Å²) in [7, 11) is 1.70. The van der Waals surface area contributed by atoms with Crippen LogP contribution in [0.2, 0.25) is 0 Å². The van der Waals surface area contributed by atoms with Gasteiger partial charge in [-0.2, -0.15) is 0 Å². The van der Waals surface area contributed by atoms with Gasteiger partial charge in [0, 0.05) is 18.4 Å². The normalized spacial score (nSPS) is 12.3. The Morgan fingerprint density at radius 1 is 1.32 bits per heavy atom. The van der Waals surface area contributed by atoms with E-state index in [2.05, 4.69) is 29.2 Å². The average Bonchev–Trinajstić information content (AvgIpc) is 2.88. The molecule has 0 aliphatic carbocycles. The van der Waals surface area contributed by atoms with Gasteiger partial charge in [-0.05, 0) is 43.0 Å². The van der Waals surface area contributed by atoms with Gasteiger partial charge in [0.2, 0.25) is 0 Å². The number of amides is 1. The molecule has 6 nitrogen and oxygen atoms in total. The minimum atomic E-state index is -0.317. The summed E-state index contributed by atoms with van der Waals surface area (Å²) < 4.78 is 1.53. The molecule has 1 atom stereocenters. The zero-order valence-electron chi connectivity index (χ0n) is 14.9. The Labute approximate surface area is 145 Å². The van der Waals surface area contributed by atoms with Crippen LogP contribution in [0, 0.1) is 6.92 Å². The molecule has 1 amide bonds. The molecule has 0 saturated carbocycles. The van der Waals surface area contributed by atoms with Crippen LogP contribution in [0.5, 0.6) is 0 Å². The number of pyridine rings is 1. The summed E-state index contributed by atoms with van der Waals surface area (Å²) in [5.41, 5.74) is 3.11. The van der Waals surface area contributed by atoms with Crippen LogP contribution in [-0.2, 0) is 7.05 Å². The first kappa shape index (κ1) is 17.0. The number of benzene rings is 1. The van der Waals surface area contributed by atoms with Crippen LogP contribution in [0.25, 0.3) is 11.0 Å². The molecule has 2 N–H and O–H groups in total.